The van der Waals surface area contributed by atoms with Crippen molar-refractivity contribution in [1.29, 1.82) is 0 Å². The van der Waals surface area contributed by atoms with Crippen LogP contribution < -0.4 is 4.89 Å². The zero-order valence-corrected chi connectivity index (χ0v) is 28.4. The Morgan fingerprint density at radius 3 is 1.57 bits per heavy atom. The number of methoxy groups -OCH3 is 1. The van der Waals surface area contributed by atoms with Crippen molar-refractivity contribution in [3.63, 3.8) is 0 Å². The molecule has 0 amide bonds. The highest BCUT2D eigenvalue weighted by Crippen LogP contribution is 2.47. The molecule has 40 heavy (non-hydrogen) atoms. The van der Waals surface area contributed by atoms with Crippen LogP contribution in [0.5, 0.6) is 0 Å². The highest BCUT2D eigenvalue weighted by Gasteiger charge is 2.34. The summed E-state index contributed by atoms with van der Waals surface area (Å²) in [5, 5.41) is 0. The van der Waals surface area contributed by atoms with Crippen LogP contribution in [0, 0.1) is 0 Å². The van der Waals surface area contributed by atoms with Crippen LogP contribution in [0.15, 0.2) is 12.2 Å². The molecule has 0 aromatic rings. The summed E-state index contributed by atoms with van der Waals surface area (Å²) in [6, 6.07) is 0. The second-order valence-electron chi connectivity index (χ2n) is 12.5. The summed E-state index contributed by atoms with van der Waals surface area (Å²) >= 11 is 0. The first kappa shape index (κ1) is 39.8. The van der Waals surface area contributed by atoms with E-state index in [0.29, 0.717) is 24.1 Å². The zero-order chi connectivity index (χ0) is 30.0. The molecule has 7 heteroatoms. The predicted molar refractivity (Wildman–Crippen MR) is 170 cm³/mol. The summed E-state index contributed by atoms with van der Waals surface area (Å²) < 4.78 is 29.4. The van der Waals surface area contributed by atoms with Gasteiger partial charge in [-0.2, -0.15) is 0 Å². The van der Waals surface area contributed by atoms with E-state index in [1.54, 1.807) is 7.11 Å². The summed E-state index contributed by atoms with van der Waals surface area (Å²) in [5.41, 5.74) is 0. The van der Waals surface area contributed by atoms with Crippen LogP contribution >= 0.6 is 7.60 Å². The lowest BCUT2D eigenvalue weighted by Gasteiger charge is -2.41. The molecule has 0 aromatic carbocycles. The highest BCUT2D eigenvalue weighted by atomic mass is 31.2. The molecule has 0 radical (unpaired) electrons. The highest BCUT2D eigenvalue weighted by molar-refractivity contribution is 7.51. The van der Waals surface area contributed by atoms with E-state index in [4.69, 9.17) is 14.0 Å². The van der Waals surface area contributed by atoms with Gasteiger partial charge in [0.2, 0.25) is 0 Å². The summed E-state index contributed by atoms with van der Waals surface area (Å²) in [6.45, 7) is 5.19. The third-order valence-corrected chi connectivity index (χ3v) is 10.0. The molecule has 0 bridgehead atoms. The average molecular weight is 590 g/mol. The van der Waals surface area contributed by atoms with Crippen LogP contribution in [-0.4, -0.2) is 64.4 Å². The van der Waals surface area contributed by atoms with Gasteiger partial charge in [-0.3, -0.25) is 0 Å². The van der Waals surface area contributed by atoms with Gasteiger partial charge in [-0.15, -0.1) is 0 Å². The van der Waals surface area contributed by atoms with Crippen LogP contribution in [0.1, 0.15) is 142 Å². The van der Waals surface area contributed by atoms with Crippen molar-refractivity contribution in [2.24, 2.45) is 0 Å². The number of hydrogen-bond donors (Lipinski definition) is 0. The molecule has 3 atom stereocenters. The molecule has 0 rings (SSSR count). The standard InChI is InChI=1S/C33H68NO5P/c1-7-9-10-11-12-13-14-15-16-17-18-19-20-21-22-23-24-25-26-27-28-29-38-30-32(37-6)31-39-40(35,36)33(8-2)34(3,4)5/h17-18,32-33H,7-16,19-31H2,1-6H3/b18-17-/t32-,33?/m1/s1. The predicted octanol–water partition coefficient (Wildman–Crippen LogP) is 9.02. The van der Waals surface area contributed by atoms with Crippen molar-refractivity contribution in [3.8, 4) is 0 Å². The Hall–Kier alpha value is -0.230. The van der Waals surface area contributed by atoms with Crippen molar-refractivity contribution in [3.05, 3.63) is 12.2 Å². The first-order chi connectivity index (χ1) is 19.2. The maximum atomic E-state index is 12.6. The maximum absolute atomic E-state index is 12.6. The topological polar surface area (TPSA) is 67.8 Å². The number of rotatable bonds is 30. The zero-order valence-electron chi connectivity index (χ0n) is 27.5. The Morgan fingerprint density at radius 1 is 0.700 bits per heavy atom. The molecule has 0 fully saturated rings. The molecule has 0 aromatic heterocycles. The van der Waals surface area contributed by atoms with Gasteiger partial charge in [0.15, 0.2) is 13.4 Å². The van der Waals surface area contributed by atoms with Gasteiger partial charge in [-0.1, -0.05) is 116 Å². The second kappa shape index (κ2) is 26.4. The van der Waals surface area contributed by atoms with E-state index in [1.807, 2.05) is 28.1 Å². The van der Waals surface area contributed by atoms with Gasteiger partial charge in [0.05, 0.1) is 34.4 Å². The van der Waals surface area contributed by atoms with Gasteiger partial charge in [0, 0.05) is 20.1 Å². The molecule has 0 aliphatic heterocycles. The third-order valence-electron chi connectivity index (χ3n) is 7.75. The summed E-state index contributed by atoms with van der Waals surface area (Å²) in [7, 11) is 3.20. The van der Waals surface area contributed by atoms with E-state index in [0.717, 1.165) is 6.42 Å². The van der Waals surface area contributed by atoms with Crippen molar-refractivity contribution in [2.75, 3.05) is 48.1 Å². The lowest BCUT2D eigenvalue weighted by molar-refractivity contribution is -0.884. The normalized spacial score (nSPS) is 15.5. The van der Waals surface area contributed by atoms with Gasteiger partial charge in [0.1, 0.15) is 6.10 Å². The maximum Gasteiger partial charge on any atom is 0.193 e. The SMILES string of the molecule is CCCCCCCCCC/C=C\CCCCCCCCCCCOC[C@H](COP(=O)([O-])C(CC)[N+](C)(C)C)OC. The fraction of sp³-hybridized carbons (Fsp3) is 0.939. The van der Waals surface area contributed by atoms with Crippen molar-refractivity contribution >= 4 is 7.60 Å². The van der Waals surface area contributed by atoms with Crippen LogP contribution in [0.2, 0.25) is 0 Å². The largest absolute Gasteiger partial charge is 0.774 e. The summed E-state index contributed by atoms with van der Waals surface area (Å²) in [4.78, 5) is 12.6. The van der Waals surface area contributed by atoms with Crippen LogP contribution in [-0.2, 0) is 18.6 Å². The van der Waals surface area contributed by atoms with Gasteiger partial charge in [-0.25, -0.2) is 0 Å². The number of allylic oxidation sites excluding steroid dienone is 2. The minimum atomic E-state index is -3.99. The molecule has 240 valence electrons. The Morgan fingerprint density at radius 2 is 1.15 bits per heavy atom. The number of ether oxygens (including phenoxy) is 2. The first-order valence-corrected chi connectivity index (χ1v) is 18.3. The Labute approximate surface area is 249 Å². The van der Waals surface area contributed by atoms with Crippen molar-refractivity contribution in [2.45, 2.75) is 154 Å². The number of hydrogen-bond acceptors (Lipinski definition) is 5. The Bertz CT molecular complexity index is 622. The quantitative estimate of drug-likeness (QED) is 0.0362. The lowest BCUT2D eigenvalue weighted by atomic mass is 10.1. The fourth-order valence-corrected chi connectivity index (χ4v) is 7.05. The first-order valence-electron chi connectivity index (χ1n) is 16.7. The Balaban J connectivity index is 3.55. The molecule has 0 heterocycles. The third kappa shape index (κ3) is 23.3. The number of quaternary nitrogens is 1. The molecule has 2 unspecified atom stereocenters. The van der Waals surface area contributed by atoms with E-state index in [-0.39, 0.29) is 12.7 Å². The smallest absolute Gasteiger partial charge is 0.193 e. The summed E-state index contributed by atoms with van der Waals surface area (Å²) in [5.74, 6) is -0.567. The van der Waals surface area contributed by atoms with E-state index in [2.05, 4.69) is 19.1 Å². The minimum Gasteiger partial charge on any atom is -0.774 e. The van der Waals surface area contributed by atoms with Gasteiger partial charge >= 0.3 is 0 Å². The molecule has 0 aliphatic rings. The van der Waals surface area contributed by atoms with Crippen LogP contribution in [0.4, 0.5) is 0 Å². The molecule has 0 aliphatic carbocycles. The van der Waals surface area contributed by atoms with Crippen molar-refractivity contribution in [1.82, 2.24) is 0 Å². The van der Waals surface area contributed by atoms with Gasteiger partial charge in [-0.05, 0) is 32.1 Å². The molecule has 0 saturated carbocycles. The van der Waals surface area contributed by atoms with E-state index >= 15 is 0 Å². The van der Waals surface area contributed by atoms with Gasteiger partial charge in [0.25, 0.3) is 0 Å². The molecule has 0 N–H and O–H groups in total. The van der Waals surface area contributed by atoms with E-state index in [1.165, 1.54) is 116 Å². The van der Waals surface area contributed by atoms with Gasteiger partial charge < -0.3 is 27.9 Å². The molecule has 6 nitrogen and oxygen atoms in total. The number of nitrogens with zero attached hydrogens (tertiary/aromatic N) is 1. The molecular formula is C33H68NO5P. The molecule has 0 spiro atoms. The van der Waals surface area contributed by atoms with Crippen molar-refractivity contribution < 1.29 is 27.9 Å². The molecular weight excluding hydrogens is 521 g/mol. The monoisotopic (exact) mass is 589 g/mol. The van der Waals surface area contributed by atoms with Crippen LogP contribution in [0.3, 0.4) is 0 Å². The average Bonchev–Trinajstić information content (AvgIpc) is 2.90. The summed E-state index contributed by atoms with van der Waals surface area (Å²) in [6.07, 6.45) is 30.2. The van der Waals surface area contributed by atoms with E-state index in [9.17, 15) is 9.46 Å². The van der Waals surface area contributed by atoms with Crippen LogP contribution in [0.25, 0.3) is 0 Å². The van der Waals surface area contributed by atoms with E-state index < -0.39 is 13.4 Å². The Kier molecular flexibility index (Phi) is 26.2. The lowest BCUT2D eigenvalue weighted by Crippen LogP contribution is -2.47. The minimum absolute atomic E-state index is 0.00335. The number of unbranched alkanes of at least 4 members (excludes halogenated alkanes) is 17. The second-order valence-corrected chi connectivity index (χ2v) is 14.4. The fourth-order valence-electron chi connectivity index (χ4n) is 5.20. The molecule has 0 saturated heterocycles.